The van der Waals surface area contributed by atoms with E-state index < -0.39 is 0 Å². The number of H-pyrrole nitrogens is 1. The molecule has 0 unspecified atom stereocenters. The van der Waals surface area contributed by atoms with Gasteiger partial charge in [-0.25, -0.2) is 0 Å². The first-order valence-electron chi connectivity index (χ1n) is 8.67. The SMILES string of the molecule is Brc1ccccc1-c1ccc(-c2ccccc2)c2c1[nH]c1ccccc12. The number of hydrogen-bond acceptors (Lipinski definition) is 0. The summed E-state index contributed by atoms with van der Waals surface area (Å²) < 4.78 is 1.10. The predicted octanol–water partition coefficient (Wildman–Crippen LogP) is 7.42. The van der Waals surface area contributed by atoms with Crippen LogP contribution in [0.3, 0.4) is 0 Å². The molecule has 0 fully saturated rings. The van der Waals surface area contributed by atoms with E-state index in [9.17, 15) is 0 Å². The van der Waals surface area contributed by atoms with Crippen LogP contribution >= 0.6 is 15.9 Å². The number of rotatable bonds is 2. The molecule has 0 radical (unpaired) electrons. The average molecular weight is 398 g/mol. The van der Waals surface area contributed by atoms with Gasteiger partial charge in [0.25, 0.3) is 0 Å². The van der Waals surface area contributed by atoms with Gasteiger partial charge in [-0.3, -0.25) is 0 Å². The van der Waals surface area contributed by atoms with Gasteiger partial charge in [0, 0.05) is 26.3 Å². The molecule has 0 atom stereocenters. The fraction of sp³-hybridized carbons (Fsp3) is 0. The molecule has 0 aliphatic rings. The number of nitrogens with one attached hydrogen (secondary N) is 1. The van der Waals surface area contributed by atoms with Crippen LogP contribution in [0.5, 0.6) is 0 Å². The van der Waals surface area contributed by atoms with Crippen LogP contribution in [0.2, 0.25) is 0 Å². The molecule has 0 aliphatic carbocycles. The van der Waals surface area contributed by atoms with Crippen LogP contribution in [-0.2, 0) is 0 Å². The van der Waals surface area contributed by atoms with Crippen molar-refractivity contribution < 1.29 is 0 Å². The molecule has 5 aromatic rings. The van der Waals surface area contributed by atoms with Gasteiger partial charge < -0.3 is 4.98 Å². The molecule has 26 heavy (non-hydrogen) atoms. The highest BCUT2D eigenvalue weighted by Crippen LogP contribution is 2.41. The Bertz CT molecular complexity index is 1240. The van der Waals surface area contributed by atoms with Gasteiger partial charge in [-0.05, 0) is 28.8 Å². The second kappa shape index (κ2) is 6.15. The summed E-state index contributed by atoms with van der Waals surface area (Å²) in [5.41, 5.74) is 7.25. The maximum absolute atomic E-state index is 3.71. The van der Waals surface area contributed by atoms with Gasteiger partial charge in [-0.2, -0.15) is 0 Å². The summed E-state index contributed by atoms with van der Waals surface area (Å²) in [6.07, 6.45) is 0. The smallest absolute Gasteiger partial charge is 0.0551 e. The lowest BCUT2D eigenvalue weighted by molar-refractivity contribution is 1.52. The van der Waals surface area contributed by atoms with Gasteiger partial charge in [0.05, 0.1) is 5.52 Å². The van der Waals surface area contributed by atoms with Gasteiger partial charge in [0.1, 0.15) is 0 Å². The van der Waals surface area contributed by atoms with E-state index in [0.29, 0.717) is 0 Å². The first kappa shape index (κ1) is 15.4. The Kier molecular flexibility index (Phi) is 3.65. The van der Waals surface area contributed by atoms with E-state index in [1.165, 1.54) is 44.1 Å². The molecule has 0 amide bonds. The summed E-state index contributed by atoms with van der Waals surface area (Å²) >= 11 is 3.71. The number of halogens is 1. The minimum Gasteiger partial charge on any atom is -0.354 e. The molecule has 0 spiro atoms. The van der Waals surface area contributed by atoms with E-state index in [1.54, 1.807) is 0 Å². The van der Waals surface area contributed by atoms with Crippen molar-refractivity contribution in [3.63, 3.8) is 0 Å². The largest absolute Gasteiger partial charge is 0.354 e. The molecule has 124 valence electrons. The third kappa shape index (κ3) is 2.38. The summed E-state index contributed by atoms with van der Waals surface area (Å²) in [5, 5.41) is 2.54. The first-order valence-corrected chi connectivity index (χ1v) is 9.46. The number of para-hydroxylation sites is 1. The fourth-order valence-electron chi connectivity index (χ4n) is 3.72. The Morgan fingerprint density at radius 3 is 2.12 bits per heavy atom. The third-order valence-electron chi connectivity index (χ3n) is 4.91. The van der Waals surface area contributed by atoms with Gasteiger partial charge in [0.2, 0.25) is 0 Å². The van der Waals surface area contributed by atoms with Crippen LogP contribution in [0.1, 0.15) is 0 Å². The van der Waals surface area contributed by atoms with Crippen molar-refractivity contribution >= 4 is 37.7 Å². The summed E-state index contributed by atoms with van der Waals surface area (Å²) in [6, 6.07) is 32.0. The summed E-state index contributed by atoms with van der Waals surface area (Å²) in [6.45, 7) is 0. The Morgan fingerprint density at radius 2 is 1.27 bits per heavy atom. The van der Waals surface area contributed by atoms with E-state index in [2.05, 4.69) is 106 Å². The lowest BCUT2D eigenvalue weighted by Gasteiger charge is -2.10. The zero-order valence-corrected chi connectivity index (χ0v) is 15.6. The minimum atomic E-state index is 1.10. The Balaban J connectivity index is 1.93. The first-order chi connectivity index (χ1) is 12.8. The van der Waals surface area contributed by atoms with Crippen molar-refractivity contribution in [2.75, 3.05) is 0 Å². The van der Waals surface area contributed by atoms with E-state index in [4.69, 9.17) is 0 Å². The number of benzene rings is 4. The van der Waals surface area contributed by atoms with Gasteiger partial charge in [-0.1, -0.05) is 94.8 Å². The van der Waals surface area contributed by atoms with E-state index in [-0.39, 0.29) is 0 Å². The molecule has 1 nitrogen and oxygen atoms in total. The molecule has 1 heterocycles. The number of aromatic amines is 1. The van der Waals surface area contributed by atoms with Crippen LogP contribution in [0.4, 0.5) is 0 Å². The molecular weight excluding hydrogens is 382 g/mol. The molecule has 0 saturated heterocycles. The summed E-state index contributed by atoms with van der Waals surface area (Å²) in [4.78, 5) is 3.66. The maximum Gasteiger partial charge on any atom is 0.0551 e. The lowest BCUT2D eigenvalue weighted by atomic mass is 9.94. The van der Waals surface area contributed by atoms with E-state index in [1.807, 2.05) is 6.07 Å². The molecule has 0 bridgehead atoms. The highest BCUT2D eigenvalue weighted by molar-refractivity contribution is 9.10. The second-order valence-electron chi connectivity index (χ2n) is 6.43. The lowest BCUT2D eigenvalue weighted by Crippen LogP contribution is -1.85. The van der Waals surface area contributed by atoms with Crippen LogP contribution in [0.25, 0.3) is 44.1 Å². The minimum absolute atomic E-state index is 1.10. The van der Waals surface area contributed by atoms with Crippen LogP contribution in [0, 0.1) is 0 Å². The van der Waals surface area contributed by atoms with Gasteiger partial charge in [-0.15, -0.1) is 0 Å². The van der Waals surface area contributed by atoms with Crippen molar-refractivity contribution in [1.82, 2.24) is 4.98 Å². The molecule has 1 aromatic heterocycles. The normalized spacial score (nSPS) is 11.3. The van der Waals surface area contributed by atoms with Crippen LogP contribution < -0.4 is 0 Å². The molecular formula is C24H16BrN. The predicted molar refractivity (Wildman–Crippen MR) is 114 cm³/mol. The second-order valence-corrected chi connectivity index (χ2v) is 7.28. The van der Waals surface area contributed by atoms with E-state index >= 15 is 0 Å². The quantitative estimate of drug-likeness (QED) is 0.319. The standard InChI is InChI=1S/C24H16BrN/c25-21-12-6-4-10-18(21)19-15-14-17(16-8-2-1-3-9-16)23-20-11-5-7-13-22(20)26-24(19)23/h1-15,26H. The van der Waals surface area contributed by atoms with Crippen molar-refractivity contribution in [2.45, 2.75) is 0 Å². The zero-order valence-electron chi connectivity index (χ0n) is 14.0. The van der Waals surface area contributed by atoms with E-state index in [0.717, 1.165) is 4.47 Å². The van der Waals surface area contributed by atoms with Crippen molar-refractivity contribution in [3.8, 4) is 22.3 Å². The molecule has 1 N–H and O–H groups in total. The molecule has 0 saturated carbocycles. The topological polar surface area (TPSA) is 15.8 Å². The monoisotopic (exact) mass is 397 g/mol. The van der Waals surface area contributed by atoms with Crippen LogP contribution in [0.15, 0.2) is 95.5 Å². The zero-order chi connectivity index (χ0) is 17.5. The highest BCUT2D eigenvalue weighted by Gasteiger charge is 2.15. The summed E-state index contributed by atoms with van der Waals surface area (Å²) in [5.74, 6) is 0. The van der Waals surface area contributed by atoms with Gasteiger partial charge in [0.15, 0.2) is 0 Å². The Hall–Kier alpha value is -2.84. The highest BCUT2D eigenvalue weighted by atomic mass is 79.9. The third-order valence-corrected chi connectivity index (χ3v) is 5.60. The Morgan fingerprint density at radius 1 is 0.577 bits per heavy atom. The molecule has 2 heteroatoms. The number of fused-ring (bicyclic) bond motifs is 3. The average Bonchev–Trinajstić information content (AvgIpc) is 3.08. The van der Waals surface area contributed by atoms with Crippen molar-refractivity contribution in [3.05, 3.63) is 95.5 Å². The molecule has 0 aliphatic heterocycles. The maximum atomic E-state index is 3.71. The number of aromatic nitrogens is 1. The molecule has 5 rings (SSSR count). The van der Waals surface area contributed by atoms with Gasteiger partial charge >= 0.3 is 0 Å². The Labute approximate surface area is 160 Å². The molecule has 4 aromatic carbocycles. The van der Waals surface area contributed by atoms with Crippen molar-refractivity contribution in [2.24, 2.45) is 0 Å². The fourth-order valence-corrected chi connectivity index (χ4v) is 4.22. The van der Waals surface area contributed by atoms with Crippen LogP contribution in [-0.4, -0.2) is 4.98 Å². The summed E-state index contributed by atoms with van der Waals surface area (Å²) in [7, 11) is 0. The number of hydrogen-bond donors (Lipinski definition) is 1. The van der Waals surface area contributed by atoms with Crippen molar-refractivity contribution in [1.29, 1.82) is 0 Å².